The third-order valence-corrected chi connectivity index (χ3v) is 15.7. The van der Waals surface area contributed by atoms with Crippen molar-refractivity contribution in [2.45, 2.75) is 97.0 Å². The van der Waals surface area contributed by atoms with Crippen LogP contribution in [0.1, 0.15) is 88.6 Å². The second kappa shape index (κ2) is 32.7. The van der Waals surface area contributed by atoms with Crippen molar-refractivity contribution in [1.82, 2.24) is 55.7 Å². The van der Waals surface area contributed by atoms with Crippen LogP contribution in [0.3, 0.4) is 0 Å². The molecule has 0 bridgehead atoms. The largest absolute Gasteiger partial charge is 0.449 e. The summed E-state index contributed by atoms with van der Waals surface area (Å²) in [4.78, 5) is 87.4. The Morgan fingerprint density at radius 2 is 1.55 bits per heavy atom. The van der Waals surface area contributed by atoms with Crippen LogP contribution in [0.4, 0.5) is 22.2 Å². The minimum absolute atomic E-state index is 0.00148. The number of aliphatic hydroxyl groups excluding tert-OH is 1. The molecule has 0 aliphatic heterocycles. The van der Waals surface area contributed by atoms with Crippen LogP contribution in [0, 0.1) is 5.41 Å². The van der Waals surface area contributed by atoms with Gasteiger partial charge in [0.15, 0.2) is 17.0 Å². The molecule has 0 saturated heterocycles. The van der Waals surface area contributed by atoms with E-state index in [1.165, 1.54) is 6.20 Å². The predicted octanol–water partition coefficient (Wildman–Crippen LogP) is 4.86. The number of anilines is 3. The number of nitrogen functional groups attached to an aromatic ring is 2. The van der Waals surface area contributed by atoms with Crippen molar-refractivity contribution in [3.8, 4) is 0 Å². The molecule has 6 aromatic rings. The van der Waals surface area contributed by atoms with Crippen molar-refractivity contribution >= 4 is 96.0 Å². The number of ether oxygens (including phenoxy) is 5. The van der Waals surface area contributed by atoms with Crippen LogP contribution >= 0.6 is 21.6 Å². The number of imidazole rings is 1. The molecule has 0 saturated carbocycles. The van der Waals surface area contributed by atoms with Crippen LogP contribution in [-0.2, 0) is 52.8 Å². The van der Waals surface area contributed by atoms with Gasteiger partial charge in [0.2, 0.25) is 17.8 Å². The van der Waals surface area contributed by atoms with Gasteiger partial charge in [0.05, 0.1) is 81.8 Å². The summed E-state index contributed by atoms with van der Waals surface area (Å²) in [6.07, 6.45) is 4.42. The SMILES string of the molecule is CCCCc1nc2c(N)nc3ccccc3c2n1CC(C)(C)CNC(=O)OCCSSC(C)(C)CNC(=O)CCOCCOCCOCCNC(=O)CCC(COCO)NC(=O)c1ccc(NCc2cnc3nc(N)[nH]c(=O)c3n2)cc1. The Labute approximate surface area is 484 Å². The number of aromatic nitrogens is 7. The van der Waals surface area contributed by atoms with Crippen LogP contribution in [0.5, 0.6) is 0 Å². The molecule has 0 aliphatic rings. The number of para-hydroxylation sites is 1. The van der Waals surface area contributed by atoms with Crippen LogP contribution in [0.25, 0.3) is 33.1 Å². The van der Waals surface area contributed by atoms with Gasteiger partial charge < -0.3 is 71.4 Å². The Balaban J connectivity index is 0.740. The first-order chi connectivity index (χ1) is 39.4. The number of hydrogen-bond acceptors (Lipinski definition) is 21. The third kappa shape index (κ3) is 21.1. The number of nitrogens with two attached hydrogens (primary N) is 2. The van der Waals surface area contributed by atoms with E-state index in [0.29, 0.717) is 80.1 Å². The summed E-state index contributed by atoms with van der Waals surface area (Å²) in [5.41, 5.74) is 15.4. The second-order valence-electron chi connectivity index (χ2n) is 20.6. The van der Waals surface area contributed by atoms with Gasteiger partial charge in [0.25, 0.3) is 11.5 Å². The normalized spacial score (nSPS) is 12.2. The van der Waals surface area contributed by atoms with E-state index >= 15 is 0 Å². The van der Waals surface area contributed by atoms with Crippen molar-refractivity contribution in [3.05, 3.63) is 82.2 Å². The van der Waals surface area contributed by atoms with Crippen molar-refractivity contribution < 1.29 is 48.0 Å². The van der Waals surface area contributed by atoms with E-state index in [0.717, 1.165) is 41.5 Å². The fourth-order valence-corrected chi connectivity index (χ4v) is 10.5. The number of amides is 4. The molecule has 2 aromatic carbocycles. The van der Waals surface area contributed by atoms with Crippen LogP contribution in [-0.4, -0.2) is 159 Å². The zero-order valence-corrected chi connectivity index (χ0v) is 48.9. The van der Waals surface area contributed by atoms with Gasteiger partial charge >= 0.3 is 6.09 Å². The monoisotopic (exact) mass is 1170 g/mol. The first kappa shape index (κ1) is 64.3. The van der Waals surface area contributed by atoms with Crippen molar-refractivity contribution in [3.63, 3.8) is 0 Å². The number of H-pyrrole nitrogens is 1. The van der Waals surface area contributed by atoms with E-state index < -0.39 is 24.5 Å². The number of benzene rings is 2. The van der Waals surface area contributed by atoms with Crippen LogP contribution in [0.15, 0.2) is 59.5 Å². The number of fused-ring (bicyclic) bond motifs is 4. The molecule has 25 nitrogen and oxygen atoms in total. The number of aryl methyl sites for hydroxylation is 1. The number of carbonyl (C=O) groups is 4. The van der Waals surface area contributed by atoms with E-state index in [9.17, 15) is 29.1 Å². The summed E-state index contributed by atoms with van der Waals surface area (Å²) >= 11 is 0. The molecule has 4 amide bonds. The van der Waals surface area contributed by atoms with E-state index in [2.05, 4.69) is 76.8 Å². The Morgan fingerprint density at radius 3 is 2.30 bits per heavy atom. The zero-order chi connectivity index (χ0) is 58.9. The van der Waals surface area contributed by atoms with E-state index in [-0.39, 0.29) is 104 Å². The maximum Gasteiger partial charge on any atom is 0.407 e. The summed E-state index contributed by atoms with van der Waals surface area (Å²) in [5.74, 6) is 1.16. The molecule has 0 radical (unpaired) electrons. The van der Waals surface area contributed by atoms with Gasteiger partial charge in [-0.2, -0.15) is 4.98 Å². The molecular formula is C55H78N14O11S2. The highest BCUT2D eigenvalue weighted by Crippen LogP contribution is 2.35. The first-order valence-corrected chi connectivity index (χ1v) is 29.6. The molecule has 0 aliphatic carbocycles. The zero-order valence-electron chi connectivity index (χ0n) is 47.3. The lowest BCUT2D eigenvalue weighted by molar-refractivity contribution is -0.123. The highest BCUT2D eigenvalue weighted by Gasteiger charge is 2.26. The lowest BCUT2D eigenvalue weighted by atomic mass is 9.93. The molecule has 446 valence electrons. The molecular weight excluding hydrogens is 1100 g/mol. The smallest absolute Gasteiger partial charge is 0.407 e. The molecule has 0 spiro atoms. The van der Waals surface area contributed by atoms with Gasteiger partial charge in [-0.05, 0) is 57.0 Å². The molecule has 1 unspecified atom stereocenters. The minimum atomic E-state index is -0.550. The Kier molecular flexibility index (Phi) is 25.6. The van der Waals surface area contributed by atoms with Gasteiger partial charge in [-0.15, -0.1) is 0 Å². The number of alkyl carbamates (subject to hydrolysis) is 1. The number of nitrogens with one attached hydrogen (secondary N) is 6. The Morgan fingerprint density at radius 1 is 0.817 bits per heavy atom. The third-order valence-electron chi connectivity index (χ3n) is 12.5. The maximum absolute atomic E-state index is 13.1. The molecule has 1 atom stereocenters. The van der Waals surface area contributed by atoms with E-state index in [4.69, 9.17) is 40.1 Å². The molecule has 4 heterocycles. The number of pyridine rings is 1. The maximum atomic E-state index is 13.1. The van der Waals surface area contributed by atoms with E-state index in [1.807, 2.05) is 38.1 Å². The molecule has 0 fully saturated rings. The minimum Gasteiger partial charge on any atom is -0.449 e. The summed E-state index contributed by atoms with van der Waals surface area (Å²) in [6, 6.07) is 14.1. The highest BCUT2D eigenvalue weighted by atomic mass is 33.1. The van der Waals surface area contributed by atoms with E-state index in [1.54, 1.807) is 45.9 Å². The number of rotatable bonds is 37. The van der Waals surface area contributed by atoms with Gasteiger partial charge in [0, 0.05) is 78.0 Å². The lowest BCUT2D eigenvalue weighted by Gasteiger charge is -2.27. The highest BCUT2D eigenvalue weighted by molar-refractivity contribution is 8.77. The summed E-state index contributed by atoms with van der Waals surface area (Å²) < 4.78 is 29.3. The Bertz CT molecular complexity index is 3090. The fourth-order valence-electron chi connectivity index (χ4n) is 8.26. The van der Waals surface area contributed by atoms with Crippen LogP contribution < -0.4 is 43.6 Å². The van der Waals surface area contributed by atoms with Gasteiger partial charge in [-0.3, -0.25) is 24.2 Å². The van der Waals surface area contributed by atoms with Gasteiger partial charge in [-0.25, -0.2) is 24.7 Å². The van der Waals surface area contributed by atoms with Crippen molar-refractivity contribution in [1.29, 1.82) is 0 Å². The average Bonchev–Trinajstić information content (AvgIpc) is 3.60. The number of unbranched alkanes of at least 4 members (excludes halogenated alkanes) is 1. The molecule has 11 N–H and O–H groups in total. The number of aromatic amines is 1. The molecule has 4 aromatic heterocycles. The fraction of sp³-hybridized carbons (Fsp3) is 0.527. The first-order valence-electron chi connectivity index (χ1n) is 27.3. The predicted molar refractivity (Wildman–Crippen MR) is 318 cm³/mol. The quantitative estimate of drug-likeness (QED) is 0.0143. The van der Waals surface area contributed by atoms with Crippen molar-refractivity contribution in [2.75, 3.05) is 102 Å². The van der Waals surface area contributed by atoms with Gasteiger partial charge in [-0.1, -0.05) is 67.0 Å². The van der Waals surface area contributed by atoms with Crippen molar-refractivity contribution in [2.24, 2.45) is 5.41 Å². The number of aliphatic hydroxyl groups is 1. The topological polar surface area (TPSA) is 349 Å². The lowest BCUT2D eigenvalue weighted by Crippen LogP contribution is -2.39. The van der Waals surface area contributed by atoms with Gasteiger partial charge in [0.1, 0.15) is 24.7 Å². The summed E-state index contributed by atoms with van der Waals surface area (Å²) in [7, 11) is 3.19. The Hall–Kier alpha value is -6.88. The second-order valence-corrected chi connectivity index (χ2v) is 23.7. The molecule has 82 heavy (non-hydrogen) atoms. The van der Waals surface area contributed by atoms with Crippen LogP contribution in [0.2, 0.25) is 0 Å². The number of hydrogen-bond donors (Lipinski definition) is 9. The molecule has 27 heteroatoms. The standard InChI is InChI=1S/C55H78N14O11S2/c1-6-7-12-42-66-45-47(40-10-8-9-11-41(40)65-48(45)56)69(42)34-54(2,3)32-62-53(75)80-27-28-81-82-55(4,5)33-61-44(72)19-21-76-23-25-78-26-24-77-22-20-58-43(71)18-17-38(31-79-35-70)64-50(73)36-13-15-37(16-14-36)59-29-39-30-60-49-46(63-39)51(74)68-52(57)67-49/h8-11,13-16,30,38,59,70H,6-7,12,17-29,31-35H2,1-5H3,(H2,56,65)(H,58,71)(H,61,72)(H,62,75)(H,64,73)(H3,57,60,67,68,74). The summed E-state index contributed by atoms with van der Waals surface area (Å²) in [6.45, 7) is 13.9. The number of nitrogens with zero attached hydrogens (tertiary/aromatic N) is 6. The summed E-state index contributed by atoms with van der Waals surface area (Å²) in [5, 5.41) is 24.9. The molecule has 6 rings (SSSR count). The number of carbonyl (C=O) groups excluding carboxylic acids is 4. The average molecular weight is 1180 g/mol.